The van der Waals surface area contributed by atoms with Gasteiger partial charge in [-0.05, 0) is 13.8 Å². The number of rotatable bonds is 8. The molecule has 0 nitrogen and oxygen atoms in total. The second-order valence-corrected chi connectivity index (χ2v) is 10.2. The first-order valence-electron chi connectivity index (χ1n) is 9.46. The van der Waals surface area contributed by atoms with Crippen molar-refractivity contribution in [3.05, 3.63) is 52.2 Å². The molecular formula is C22H33Cl3SiTi. The molecule has 0 aromatic heterocycles. The molecule has 1 aromatic rings. The van der Waals surface area contributed by atoms with Gasteiger partial charge >= 0.3 is 21.7 Å². The molecule has 1 aromatic carbocycles. The molecule has 2 rings (SSSR count). The Bertz CT molecular complexity index is 579. The fourth-order valence-corrected chi connectivity index (χ4v) is 7.53. The van der Waals surface area contributed by atoms with Gasteiger partial charge in [-0.1, -0.05) is 92.9 Å². The van der Waals surface area contributed by atoms with Crippen LogP contribution in [0.3, 0.4) is 0 Å². The largest absolute Gasteiger partial charge is 4.00 e. The Morgan fingerprint density at radius 2 is 1.59 bits per heavy atom. The van der Waals surface area contributed by atoms with Gasteiger partial charge in [-0.2, -0.15) is 11.6 Å². The summed E-state index contributed by atoms with van der Waals surface area (Å²) in [6.45, 7) is 11.5. The summed E-state index contributed by atoms with van der Waals surface area (Å²) in [4.78, 5) is 0. The number of hydrogen-bond acceptors (Lipinski definition) is 0. The van der Waals surface area contributed by atoms with Crippen molar-refractivity contribution in [3.63, 3.8) is 0 Å². The number of benzene rings is 1. The molecule has 0 radical (unpaired) electrons. The van der Waals surface area contributed by atoms with E-state index >= 15 is 0 Å². The van der Waals surface area contributed by atoms with E-state index in [0.29, 0.717) is 5.92 Å². The van der Waals surface area contributed by atoms with E-state index in [1.165, 1.54) is 42.9 Å². The maximum absolute atomic E-state index is 3.77. The molecule has 1 aliphatic carbocycles. The van der Waals surface area contributed by atoms with Crippen LogP contribution in [0.2, 0.25) is 6.04 Å². The molecule has 0 amide bonds. The molecule has 0 saturated carbocycles. The Kier molecular flexibility index (Phi) is 19.4. The zero-order valence-corrected chi connectivity index (χ0v) is 22.3. The molecule has 150 valence electrons. The first-order chi connectivity index (χ1) is 11.1. The van der Waals surface area contributed by atoms with Crippen LogP contribution in [0.4, 0.5) is 0 Å². The first-order valence-corrected chi connectivity index (χ1v) is 11.4. The third kappa shape index (κ3) is 9.24. The van der Waals surface area contributed by atoms with Crippen LogP contribution >= 0.6 is 0 Å². The SMILES string of the molecule is CCCCC[SiH](C1=[C-]CC=C1C(C)CC)c1cc(C)cc(C)c1.[Cl-].[Cl-].[Cl-].[Ti+4]. The van der Waals surface area contributed by atoms with Crippen LogP contribution in [0.1, 0.15) is 64.0 Å². The van der Waals surface area contributed by atoms with E-state index in [2.05, 4.69) is 65.0 Å². The fourth-order valence-electron chi connectivity index (χ4n) is 3.78. The summed E-state index contributed by atoms with van der Waals surface area (Å²) in [5.74, 6) is 0.687. The van der Waals surface area contributed by atoms with Gasteiger partial charge in [0.15, 0.2) is 0 Å². The quantitative estimate of drug-likeness (QED) is 0.207. The number of hydrogen-bond donors (Lipinski definition) is 0. The third-order valence-electron chi connectivity index (χ3n) is 5.16. The van der Waals surface area contributed by atoms with E-state index in [0.717, 1.165) is 6.42 Å². The van der Waals surface area contributed by atoms with Crippen molar-refractivity contribution in [2.45, 2.75) is 72.8 Å². The van der Waals surface area contributed by atoms with Crippen LogP contribution < -0.4 is 42.4 Å². The number of halogens is 3. The third-order valence-corrected chi connectivity index (χ3v) is 8.52. The van der Waals surface area contributed by atoms with E-state index in [9.17, 15) is 0 Å². The van der Waals surface area contributed by atoms with Gasteiger partial charge in [-0.15, -0.1) is 6.42 Å². The van der Waals surface area contributed by atoms with Gasteiger partial charge in [-0.3, -0.25) is 6.08 Å². The summed E-state index contributed by atoms with van der Waals surface area (Å²) >= 11 is 0. The van der Waals surface area contributed by atoms with Gasteiger partial charge in [0.2, 0.25) is 0 Å². The van der Waals surface area contributed by atoms with Crippen molar-refractivity contribution in [3.8, 4) is 0 Å². The summed E-state index contributed by atoms with van der Waals surface area (Å²) in [7, 11) is -1.12. The summed E-state index contributed by atoms with van der Waals surface area (Å²) in [5.41, 5.74) is 4.46. The molecule has 0 aliphatic heterocycles. The Hall–Kier alpha value is 0.501. The Labute approximate surface area is 202 Å². The molecule has 27 heavy (non-hydrogen) atoms. The molecule has 2 unspecified atom stereocenters. The molecule has 1 aliphatic rings. The molecule has 0 bridgehead atoms. The average Bonchev–Trinajstić information content (AvgIpc) is 2.99. The molecular weight excluding hydrogens is 447 g/mol. The van der Waals surface area contributed by atoms with Crippen LogP contribution in [0.25, 0.3) is 0 Å². The normalized spacial score (nSPS) is 14.4. The minimum Gasteiger partial charge on any atom is -1.00 e. The number of unbranched alkanes of at least 4 members (excludes halogenated alkanes) is 2. The van der Waals surface area contributed by atoms with Crippen molar-refractivity contribution < 1.29 is 58.9 Å². The van der Waals surface area contributed by atoms with Crippen molar-refractivity contribution in [1.29, 1.82) is 0 Å². The molecule has 0 spiro atoms. The van der Waals surface area contributed by atoms with Crippen LogP contribution in [-0.2, 0) is 21.7 Å². The van der Waals surface area contributed by atoms with Gasteiger partial charge in [0.05, 0.1) is 8.80 Å². The Morgan fingerprint density at radius 1 is 1.00 bits per heavy atom. The first kappa shape index (κ1) is 32.2. The molecule has 0 N–H and O–H groups in total. The van der Waals surface area contributed by atoms with Gasteiger partial charge in [0, 0.05) is 0 Å². The standard InChI is InChI=1S/C22H33Si.3ClH.Ti/c1-6-8-9-13-23(20-15-17(3)14-18(4)16-20)22-12-10-11-21(22)19(5)7-2;;;;/h11,14-16,19,23H,6-10,13H2,1-5H3;3*1H;/q-1;;;;+4/p-3. The van der Waals surface area contributed by atoms with Crippen molar-refractivity contribution >= 4 is 14.0 Å². The van der Waals surface area contributed by atoms with Crippen molar-refractivity contribution in [2.75, 3.05) is 0 Å². The molecule has 0 heterocycles. The van der Waals surface area contributed by atoms with E-state index in [1.807, 2.05) is 0 Å². The fraction of sp³-hybridized carbons (Fsp3) is 0.545. The summed E-state index contributed by atoms with van der Waals surface area (Å²) in [6.07, 6.45) is 12.5. The smallest absolute Gasteiger partial charge is 1.00 e. The zero-order chi connectivity index (χ0) is 16.8. The van der Waals surface area contributed by atoms with E-state index in [1.54, 1.807) is 16.0 Å². The van der Waals surface area contributed by atoms with E-state index in [-0.39, 0.29) is 58.9 Å². The number of aryl methyl sites for hydroxylation is 2. The van der Waals surface area contributed by atoms with Gasteiger partial charge in [0.1, 0.15) is 0 Å². The number of allylic oxidation sites excluding steroid dienone is 4. The van der Waals surface area contributed by atoms with Crippen molar-refractivity contribution in [2.24, 2.45) is 5.92 Å². The maximum atomic E-state index is 3.77. The van der Waals surface area contributed by atoms with Gasteiger partial charge in [-0.25, -0.2) is 5.20 Å². The summed E-state index contributed by atoms with van der Waals surface area (Å²) < 4.78 is 0. The molecule has 2 atom stereocenters. The Morgan fingerprint density at radius 3 is 2.11 bits per heavy atom. The Balaban J connectivity index is -0.00000144. The van der Waals surface area contributed by atoms with Crippen LogP contribution in [0.15, 0.2) is 35.0 Å². The average molecular weight is 480 g/mol. The minimum atomic E-state index is -1.12. The monoisotopic (exact) mass is 478 g/mol. The second kappa shape index (κ2) is 16.3. The topological polar surface area (TPSA) is 0 Å². The maximum Gasteiger partial charge on any atom is 4.00 e. The molecule has 0 fully saturated rings. The minimum absolute atomic E-state index is 0. The van der Waals surface area contributed by atoms with Gasteiger partial charge in [0.25, 0.3) is 0 Å². The van der Waals surface area contributed by atoms with E-state index < -0.39 is 8.80 Å². The second-order valence-electron chi connectivity index (χ2n) is 7.23. The summed E-state index contributed by atoms with van der Waals surface area (Å²) in [6, 6.07) is 8.61. The zero-order valence-electron chi connectivity index (χ0n) is 17.3. The van der Waals surface area contributed by atoms with Crippen LogP contribution in [0, 0.1) is 25.8 Å². The molecule has 5 heteroatoms. The van der Waals surface area contributed by atoms with E-state index in [4.69, 9.17) is 0 Å². The predicted molar refractivity (Wildman–Crippen MR) is 106 cm³/mol. The van der Waals surface area contributed by atoms with Crippen LogP contribution in [-0.4, -0.2) is 8.80 Å². The predicted octanol–water partition coefficient (Wildman–Crippen LogP) is -3.42. The van der Waals surface area contributed by atoms with Crippen LogP contribution in [0.5, 0.6) is 0 Å². The summed E-state index contributed by atoms with van der Waals surface area (Å²) in [5, 5.41) is 3.28. The van der Waals surface area contributed by atoms with Crippen molar-refractivity contribution in [1.82, 2.24) is 0 Å². The molecule has 0 saturated heterocycles. The van der Waals surface area contributed by atoms with Gasteiger partial charge < -0.3 is 37.2 Å².